The van der Waals surface area contributed by atoms with E-state index in [-0.39, 0.29) is 19.1 Å². The zero-order chi connectivity index (χ0) is 16.1. The summed E-state index contributed by atoms with van der Waals surface area (Å²) in [5, 5.41) is 12.6. The molecule has 0 aliphatic heterocycles. The van der Waals surface area contributed by atoms with Gasteiger partial charge in [-0.05, 0) is 44.5 Å². The lowest BCUT2D eigenvalue weighted by Gasteiger charge is -2.13. The van der Waals surface area contributed by atoms with Gasteiger partial charge < -0.3 is 19.6 Å². The summed E-state index contributed by atoms with van der Waals surface area (Å²) in [7, 11) is 0. The van der Waals surface area contributed by atoms with Gasteiger partial charge in [0.1, 0.15) is 30.0 Å². The number of furan rings is 1. The van der Waals surface area contributed by atoms with E-state index in [9.17, 15) is 9.90 Å². The Hall–Kier alpha value is -2.27. The van der Waals surface area contributed by atoms with Crippen molar-refractivity contribution in [1.29, 1.82) is 0 Å². The quantitative estimate of drug-likeness (QED) is 0.859. The van der Waals surface area contributed by atoms with Crippen molar-refractivity contribution in [3.05, 3.63) is 53.0 Å². The third-order valence-corrected chi connectivity index (χ3v) is 3.22. The smallest absolute Gasteiger partial charge is 0.254 e. The van der Waals surface area contributed by atoms with Crippen LogP contribution < -0.4 is 10.1 Å². The highest BCUT2D eigenvalue weighted by Crippen LogP contribution is 2.14. The van der Waals surface area contributed by atoms with Gasteiger partial charge in [-0.25, -0.2) is 0 Å². The van der Waals surface area contributed by atoms with Gasteiger partial charge in [-0.2, -0.15) is 0 Å². The molecule has 0 radical (unpaired) electrons. The number of carbonyl (C=O) groups is 1. The topological polar surface area (TPSA) is 71.7 Å². The van der Waals surface area contributed by atoms with Crippen LogP contribution in [0.3, 0.4) is 0 Å². The minimum absolute atomic E-state index is 0.118. The van der Waals surface area contributed by atoms with E-state index in [1.54, 1.807) is 19.9 Å². The molecule has 2 rings (SSSR count). The van der Waals surface area contributed by atoms with Crippen molar-refractivity contribution in [2.24, 2.45) is 0 Å². The highest BCUT2D eigenvalue weighted by Gasteiger charge is 2.14. The summed E-state index contributed by atoms with van der Waals surface area (Å²) in [6.07, 6.45) is -0.780. The van der Waals surface area contributed by atoms with Crippen LogP contribution in [0, 0.1) is 20.8 Å². The number of hydrogen-bond donors (Lipinski definition) is 2. The summed E-state index contributed by atoms with van der Waals surface area (Å²) >= 11 is 0. The second kappa shape index (κ2) is 7.13. The number of hydrogen-bond acceptors (Lipinski definition) is 4. The molecule has 1 amide bonds. The molecule has 0 bridgehead atoms. The van der Waals surface area contributed by atoms with Crippen LogP contribution in [0.5, 0.6) is 5.75 Å². The maximum atomic E-state index is 12.0. The second-order valence-corrected chi connectivity index (χ2v) is 5.32. The first-order valence-electron chi connectivity index (χ1n) is 7.18. The molecule has 1 atom stereocenters. The number of rotatable bonds is 6. The first-order chi connectivity index (χ1) is 10.5. The number of benzene rings is 1. The molecule has 1 unspecified atom stereocenters. The molecule has 0 fully saturated rings. The third-order valence-electron chi connectivity index (χ3n) is 3.22. The monoisotopic (exact) mass is 303 g/mol. The van der Waals surface area contributed by atoms with Crippen LogP contribution >= 0.6 is 0 Å². The zero-order valence-corrected chi connectivity index (χ0v) is 13.1. The highest BCUT2D eigenvalue weighted by molar-refractivity contribution is 5.95. The summed E-state index contributed by atoms with van der Waals surface area (Å²) < 4.78 is 10.8. The largest absolute Gasteiger partial charge is 0.491 e. The van der Waals surface area contributed by atoms with Gasteiger partial charge >= 0.3 is 0 Å². The Balaban J connectivity index is 1.79. The molecule has 5 heteroatoms. The summed E-state index contributed by atoms with van der Waals surface area (Å²) in [5.74, 6) is 1.70. The number of ether oxygens (including phenoxy) is 1. The van der Waals surface area contributed by atoms with E-state index in [0.29, 0.717) is 22.8 Å². The second-order valence-electron chi connectivity index (χ2n) is 5.32. The lowest BCUT2D eigenvalue weighted by Crippen LogP contribution is -2.35. The lowest BCUT2D eigenvalue weighted by molar-refractivity contribution is 0.0842. The Morgan fingerprint density at radius 3 is 2.73 bits per heavy atom. The van der Waals surface area contributed by atoms with Crippen LogP contribution in [-0.2, 0) is 0 Å². The summed E-state index contributed by atoms with van der Waals surface area (Å²) in [6, 6.07) is 9.26. The van der Waals surface area contributed by atoms with E-state index in [2.05, 4.69) is 5.32 Å². The van der Waals surface area contributed by atoms with E-state index in [1.165, 1.54) is 0 Å². The normalized spacial score (nSPS) is 12.0. The molecule has 0 saturated carbocycles. The molecule has 1 aromatic heterocycles. The molecule has 0 aliphatic carbocycles. The molecule has 1 aromatic carbocycles. The number of nitrogens with one attached hydrogen (secondary N) is 1. The predicted molar refractivity (Wildman–Crippen MR) is 83.2 cm³/mol. The van der Waals surface area contributed by atoms with E-state index in [1.807, 2.05) is 31.2 Å². The molecule has 2 N–H and O–H groups in total. The van der Waals surface area contributed by atoms with Gasteiger partial charge in [-0.1, -0.05) is 12.1 Å². The maximum Gasteiger partial charge on any atom is 0.254 e. The Morgan fingerprint density at radius 1 is 1.32 bits per heavy atom. The molecule has 5 nitrogen and oxygen atoms in total. The minimum Gasteiger partial charge on any atom is -0.491 e. The first-order valence-corrected chi connectivity index (χ1v) is 7.18. The van der Waals surface area contributed by atoms with E-state index in [4.69, 9.17) is 9.15 Å². The zero-order valence-electron chi connectivity index (χ0n) is 13.1. The predicted octanol–water partition coefficient (Wildman–Crippen LogP) is 2.37. The SMILES string of the molecule is Cc1cccc(OCC(O)CNC(=O)c2cc(C)oc2C)c1. The van der Waals surface area contributed by atoms with Crippen molar-refractivity contribution >= 4 is 5.91 Å². The van der Waals surface area contributed by atoms with Crippen LogP contribution in [0.1, 0.15) is 27.4 Å². The van der Waals surface area contributed by atoms with Crippen molar-refractivity contribution in [1.82, 2.24) is 5.32 Å². The lowest BCUT2D eigenvalue weighted by atomic mass is 10.2. The average Bonchev–Trinajstić information content (AvgIpc) is 2.81. The van der Waals surface area contributed by atoms with Crippen LogP contribution in [0.25, 0.3) is 0 Å². The van der Waals surface area contributed by atoms with Gasteiger partial charge in [0.05, 0.1) is 5.56 Å². The van der Waals surface area contributed by atoms with Gasteiger partial charge in [-0.15, -0.1) is 0 Å². The van der Waals surface area contributed by atoms with Crippen LogP contribution in [0.2, 0.25) is 0 Å². The Morgan fingerprint density at radius 2 is 2.09 bits per heavy atom. The van der Waals surface area contributed by atoms with Crippen LogP contribution in [-0.4, -0.2) is 30.3 Å². The van der Waals surface area contributed by atoms with E-state index < -0.39 is 6.10 Å². The van der Waals surface area contributed by atoms with Gasteiger partial charge in [0, 0.05) is 6.54 Å². The Labute approximate surface area is 129 Å². The molecule has 118 valence electrons. The number of aryl methyl sites for hydroxylation is 3. The summed E-state index contributed by atoms with van der Waals surface area (Å²) in [5.41, 5.74) is 1.58. The molecular formula is C17H21NO4. The number of aliphatic hydroxyl groups is 1. The molecule has 1 heterocycles. The fourth-order valence-electron chi connectivity index (χ4n) is 2.12. The molecule has 0 saturated heterocycles. The molecule has 0 spiro atoms. The molecule has 2 aromatic rings. The summed E-state index contributed by atoms with van der Waals surface area (Å²) in [6.45, 7) is 5.73. The van der Waals surface area contributed by atoms with Gasteiger partial charge in [0.2, 0.25) is 0 Å². The Kier molecular flexibility index (Phi) is 5.22. The summed E-state index contributed by atoms with van der Waals surface area (Å²) in [4.78, 5) is 12.0. The highest BCUT2D eigenvalue weighted by atomic mass is 16.5. The number of amides is 1. The number of carbonyl (C=O) groups excluding carboxylic acids is 1. The molecule has 22 heavy (non-hydrogen) atoms. The molecule has 0 aliphatic rings. The van der Waals surface area contributed by atoms with Crippen molar-refractivity contribution in [3.8, 4) is 5.75 Å². The van der Waals surface area contributed by atoms with Gasteiger partial charge in [0.15, 0.2) is 0 Å². The minimum atomic E-state index is -0.780. The fourth-order valence-corrected chi connectivity index (χ4v) is 2.12. The Bertz CT molecular complexity index is 648. The van der Waals surface area contributed by atoms with Gasteiger partial charge in [-0.3, -0.25) is 4.79 Å². The fraction of sp³-hybridized carbons (Fsp3) is 0.353. The van der Waals surface area contributed by atoms with Crippen LogP contribution in [0.15, 0.2) is 34.7 Å². The van der Waals surface area contributed by atoms with E-state index in [0.717, 1.165) is 5.56 Å². The maximum absolute atomic E-state index is 12.0. The number of aliphatic hydroxyl groups excluding tert-OH is 1. The molecular weight excluding hydrogens is 282 g/mol. The van der Waals surface area contributed by atoms with Crippen molar-refractivity contribution in [3.63, 3.8) is 0 Å². The average molecular weight is 303 g/mol. The standard InChI is InChI=1S/C17H21NO4/c1-11-5-4-6-15(7-11)21-10-14(19)9-18-17(20)16-8-12(2)22-13(16)3/h4-8,14,19H,9-10H2,1-3H3,(H,18,20). The first kappa shape index (κ1) is 16.1. The third kappa shape index (κ3) is 4.36. The van der Waals surface area contributed by atoms with E-state index >= 15 is 0 Å². The van der Waals surface area contributed by atoms with Crippen LogP contribution in [0.4, 0.5) is 0 Å². The van der Waals surface area contributed by atoms with Gasteiger partial charge in [0.25, 0.3) is 5.91 Å². The van der Waals surface area contributed by atoms with Crippen molar-refractivity contribution < 1.29 is 19.1 Å². The van der Waals surface area contributed by atoms with Crippen molar-refractivity contribution in [2.45, 2.75) is 26.9 Å². The van der Waals surface area contributed by atoms with Crippen molar-refractivity contribution in [2.75, 3.05) is 13.2 Å².